The van der Waals surface area contributed by atoms with Crippen LogP contribution < -0.4 is 5.73 Å². The van der Waals surface area contributed by atoms with Crippen LogP contribution in [0.1, 0.15) is 6.42 Å². The molecule has 2 nitrogen and oxygen atoms in total. The van der Waals surface area contributed by atoms with Crippen molar-refractivity contribution in [1.82, 2.24) is 4.57 Å². The Morgan fingerprint density at radius 3 is 1.83 bits per heavy atom. The van der Waals surface area contributed by atoms with Crippen LogP contribution in [0.15, 0.2) is 48.5 Å². The molecule has 3 rings (SSSR count). The minimum atomic E-state index is 0. The first-order valence-electron chi connectivity index (χ1n) is 6.08. The van der Waals surface area contributed by atoms with Crippen LogP contribution >= 0.6 is 12.4 Å². The van der Waals surface area contributed by atoms with E-state index in [2.05, 4.69) is 53.1 Å². The van der Waals surface area contributed by atoms with Gasteiger partial charge in [0, 0.05) is 28.4 Å². The second-order valence-corrected chi connectivity index (χ2v) is 4.33. The van der Waals surface area contributed by atoms with Gasteiger partial charge < -0.3 is 10.3 Å². The van der Waals surface area contributed by atoms with E-state index in [-0.39, 0.29) is 12.4 Å². The van der Waals surface area contributed by atoms with Crippen molar-refractivity contribution in [3.63, 3.8) is 0 Å². The van der Waals surface area contributed by atoms with E-state index in [0.29, 0.717) is 0 Å². The number of aryl methyl sites for hydroxylation is 1. The van der Waals surface area contributed by atoms with Crippen molar-refractivity contribution < 1.29 is 0 Å². The molecule has 3 heteroatoms. The van der Waals surface area contributed by atoms with E-state index < -0.39 is 0 Å². The Balaban J connectivity index is 0.00000120. The molecule has 94 valence electrons. The van der Waals surface area contributed by atoms with Gasteiger partial charge in [0.05, 0.1) is 0 Å². The summed E-state index contributed by atoms with van der Waals surface area (Å²) in [4.78, 5) is 0. The number of hydrogen-bond acceptors (Lipinski definition) is 1. The fraction of sp³-hybridized carbons (Fsp3) is 0.200. The van der Waals surface area contributed by atoms with Crippen LogP contribution in [0.2, 0.25) is 0 Å². The van der Waals surface area contributed by atoms with Crippen LogP contribution in [-0.2, 0) is 6.54 Å². The van der Waals surface area contributed by atoms with Crippen LogP contribution in [0.4, 0.5) is 0 Å². The van der Waals surface area contributed by atoms with Gasteiger partial charge in [0.15, 0.2) is 0 Å². The number of rotatable bonds is 3. The highest BCUT2D eigenvalue weighted by Crippen LogP contribution is 2.28. The Kier molecular flexibility index (Phi) is 3.90. The molecule has 0 aliphatic carbocycles. The lowest BCUT2D eigenvalue weighted by atomic mass is 10.2. The number of hydrogen-bond donors (Lipinski definition) is 1. The standard InChI is InChI=1S/C15H16N2.ClH/c16-10-5-11-17-14-8-3-1-6-12(14)13-7-2-4-9-15(13)17;/h1-4,6-9H,5,10-11,16H2;1H. The van der Waals surface area contributed by atoms with Crippen LogP contribution in [0.25, 0.3) is 21.8 Å². The first kappa shape index (κ1) is 12.9. The van der Waals surface area contributed by atoms with Crippen molar-refractivity contribution in [2.24, 2.45) is 5.73 Å². The molecule has 2 N–H and O–H groups in total. The molecule has 2 aromatic carbocycles. The number of nitrogens with zero attached hydrogens (tertiary/aromatic N) is 1. The predicted octanol–water partition coefficient (Wildman–Crippen LogP) is 3.57. The van der Waals surface area contributed by atoms with Crippen molar-refractivity contribution in [2.75, 3.05) is 6.54 Å². The third-order valence-electron chi connectivity index (χ3n) is 3.27. The molecular formula is C15H17ClN2. The van der Waals surface area contributed by atoms with E-state index in [9.17, 15) is 0 Å². The minimum Gasteiger partial charge on any atom is -0.340 e. The second-order valence-electron chi connectivity index (χ2n) is 4.33. The number of halogens is 1. The summed E-state index contributed by atoms with van der Waals surface area (Å²) in [5.41, 5.74) is 8.24. The Bertz CT molecular complexity index is 604. The highest BCUT2D eigenvalue weighted by molar-refractivity contribution is 6.07. The van der Waals surface area contributed by atoms with Gasteiger partial charge in [-0.15, -0.1) is 12.4 Å². The number of benzene rings is 2. The third-order valence-corrected chi connectivity index (χ3v) is 3.27. The minimum absolute atomic E-state index is 0. The van der Waals surface area contributed by atoms with Gasteiger partial charge in [-0.05, 0) is 25.1 Å². The zero-order chi connectivity index (χ0) is 11.7. The van der Waals surface area contributed by atoms with Gasteiger partial charge in [0.25, 0.3) is 0 Å². The van der Waals surface area contributed by atoms with Gasteiger partial charge >= 0.3 is 0 Å². The van der Waals surface area contributed by atoms with Crippen molar-refractivity contribution >= 4 is 34.2 Å². The number of fused-ring (bicyclic) bond motifs is 3. The Hall–Kier alpha value is -1.51. The molecule has 0 unspecified atom stereocenters. The fourth-order valence-corrected chi connectivity index (χ4v) is 2.49. The lowest BCUT2D eigenvalue weighted by Crippen LogP contribution is -2.05. The van der Waals surface area contributed by atoms with Crippen LogP contribution in [0.5, 0.6) is 0 Å². The molecule has 0 saturated carbocycles. The van der Waals surface area contributed by atoms with E-state index in [1.165, 1.54) is 21.8 Å². The topological polar surface area (TPSA) is 30.9 Å². The summed E-state index contributed by atoms with van der Waals surface area (Å²) in [6.07, 6.45) is 1.02. The lowest BCUT2D eigenvalue weighted by Gasteiger charge is -2.05. The smallest absolute Gasteiger partial charge is 0.0491 e. The van der Waals surface area contributed by atoms with Crippen LogP contribution in [0, 0.1) is 0 Å². The maximum atomic E-state index is 5.62. The molecular weight excluding hydrogens is 244 g/mol. The molecule has 0 atom stereocenters. The largest absolute Gasteiger partial charge is 0.340 e. The molecule has 18 heavy (non-hydrogen) atoms. The zero-order valence-electron chi connectivity index (χ0n) is 10.2. The van der Waals surface area contributed by atoms with E-state index in [1.54, 1.807) is 0 Å². The monoisotopic (exact) mass is 260 g/mol. The van der Waals surface area contributed by atoms with Crippen molar-refractivity contribution in [3.05, 3.63) is 48.5 Å². The van der Waals surface area contributed by atoms with E-state index in [0.717, 1.165) is 19.5 Å². The number of nitrogens with two attached hydrogens (primary N) is 1. The maximum Gasteiger partial charge on any atom is 0.0491 e. The first-order valence-corrected chi connectivity index (χ1v) is 6.08. The van der Waals surface area contributed by atoms with Gasteiger partial charge in [0.1, 0.15) is 0 Å². The van der Waals surface area contributed by atoms with Gasteiger partial charge in [0.2, 0.25) is 0 Å². The average Bonchev–Trinajstić information content (AvgIpc) is 2.71. The maximum absolute atomic E-state index is 5.62. The first-order chi connectivity index (χ1) is 8.42. The molecule has 0 radical (unpaired) electrons. The lowest BCUT2D eigenvalue weighted by molar-refractivity contribution is 0.687. The van der Waals surface area contributed by atoms with Crippen molar-refractivity contribution in [2.45, 2.75) is 13.0 Å². The molecule has 0 fully saturated rings. The highest BCUT2D eigenvalue weighted by atomic mass is 35.5. The quantitative estimate of drug-likeness (QED) is 0.767. The normalized spacial score (nSPS) is 10.7. The Morgan fingerprint density at radius 2 is 1.33 bits per heavy atom. The summed E-state index contributed by atoms with van der Waals surface area (Å²) >= 11 is 0. The Labute approximate surface area is 113 Å². The predicted molar refractivity (Wildman–Crippen MR) is 80.4 cm³/mol. The SMILES string of the molecule is Cl.NCCCn1c2ccccc2c2ccccc21. The second kappa shape index (κ2) is 5.42. The van der Waals surface area contributed by atoms with E-state index in [4.69, 9.17) is 5.73 Å². The summed E-state index contributed by atoms with van der Waals surface area (Å²) in [5.74, 6) is 0. The molecule has 0 spiro atoms. The number of aromatic nitrogens is 1. The summed E-state index contributed by atoms with van der Waals surface area (Å²) in [6, 6.07) is 17.1. The molecule has 3 aromatic rings. The van der Waals surface area contributed by atoms with Crippen LogP contribution in [-0.4, -0.2) is 11.1 Å². The highest BCUT2D eigenvalue weighted by Gasteiger charge is 2.08. The molecule has 0 amide bonds. The van der Waals surface area contributed by atoms with Crippen LogP contribution in [0.3, 0.4) is 0 Å². The van der Waals surface area contributed by atoms with Crippen molar-refractivity contribution in [1.29, 1.82) is 0 Å². The molecule has 1 heterocycles. The summed E-state index contributed by atoms with van der Waals surface area (Å²) < 4.78 is 2.37. The molecule has 0 bridgehead atoms. The van der Waals surface area contributed by atoms with E-state index >= 15 is 0 Å². The van der Waals surface area contributed by atoms with Crippen molar-refractivity contribution in [3.8, 4) is 0 Å². The molecule has 1 aromatic heterocycles. The van der Waals surface area contributed by atoms with Gasteiger partial charge in [-0.1, -0.05) is 36.4 Å². The summed E-state index contributed by atoms with van der Waals surface area (Å²) in [7, 11) is 0. The van der Waals surface area contributed by atoms with Gasteiger partial charge in [-0.25, -0.2) is 0 Å². The van der Waals surface area contributed by atoms with Gasteiger partial charge in [-0.3, -0.25) is 0 Å². The Morgan fingerprint density at radius 1 is 0.833 bits per heavy atom. The summed E-state index contributed by atoms with van der Waals surface area (Å²) in [5, 5.41) is 2.67. The summed E-state index contributed by atoms with van der Waals surface area (Å²) in [6.45, 7) is 1.73. The molecule has 0 aliphatic rings. The van der Waals surface area contributed by atoms with E-state index in [1.807, 2.05) is 0 Å². The zero-order valence-corrected chi connectivity index (χ0v) is 11.0. The molecule has 0 saturated heterocycles. The van der Waals surface area contributed by atoms with Gasteiger partial charge in [-0.2, -0.15) is 0 Å². The molecule has 0 aliphatic heterocycles. The third kappa shape index (κ3) is 1.98. The average molecular weight is 261 g/mol. The fourth-order valence-electron chi connectivity index (χ4n) is 2.49. The number of para-hydroxylation sites is 2.